The maximum absolute atomic E-state index is 3.72. The molecule has 25 heavy (non-hydrogen) atoms. The molecule has 0 aromatic heterocycles. The molecule has 2 aromatic carbocycles. The number of benzene rings is 2. The summed E-state index contributed by atoms with van der Waals surface area (Å²) in [5.41, 5.74) is 4.20. The first-order chi connectivity index (χ1) is 12.4. The molecule has 0 amide bonds. The quantitative estimate of drug-likeness (QED) is 0.629. The lowest BCUT2D eigenvalue weighted by atomic mass is 9.82. The molecule has 2 aliphatic rings. The van der Waals surface area contributed by atoms with Crippen LogP contribution in [0.15, 0.2) is 54.6 Å². The molecule has 4 rings (SSSR count). The molecule has 2 heterocycles. The first-order valence-corrected chi connectivity index (χ1v) is 10.1. The van der Waals surface area contributed by atoms with Gasteiger partial charge in [-0.05, 0) is 30.2 Å². The van der Waals surface area contributed by atoms with Crippen molar-refractivity contribution in [3.63, 3.8) is 0 Å². The van der Waals surface area contributed by atoms with Crippen molar-refractivity contribution < 1.29 is 0 Å². The van der Waals surface area contributed by atoms with Gasteiger partial charge in [-0.1, -0.05) is 90.1 Å². The van der Waals surface area contributed by atoms with E-state index in [-0.39, 0.29) is 0 Å². The van der Waals surface area contributed by atoms with Crippen LogP contribution in [0.2, 0.25) is 0 Å². The summed E-state index contributed by atoms with van der Waals surface area (Å²) in [6.45, 7) is 13.1. The first kappa shape index (κ1) is 21.2. The number of hydrogen-bond acceptors (Lipinski definition) is 2. The summed E-state index contributed by atoms with van der Waals surface area (Å²) in [4.78, 5) is 0. The predicted octanol–water partition coefficient (Wildman–Crippen LogP) is 6.38. The molecule has 0 bridgehead atoms. The Morgan fingerprint density at radius 2 is 1.36 bits per heavy atom. The molecule has 2 aliphatic heterocycles. The van der Waals surface area contributed by atoms with E-state index in [0.717, 1.165) is 6.54 Å². The Kier molecular flexibility index (Phi) is 9.94. The molecular formula is C23H36N2. The largest absolute Gasteiger partial charge is 0.380 e. The Hall–Kier alpha value is -1.80. The van der Waals surface area contributed by atoms with Gasteiger partial charge in [-0.2, -0.15) is 0 Å². The van der Waals surface area contributed by atoms with Gasteiger partial charge in [-0.15, -0.1) is 0 Å². The van der Waals surface area contributed by atoms with E-state index < -0.39 is 0 Å². The number of hydrogen-bond donors (Lipinski definition) is 2. The Balaban J connectivity index is 0.000000475. The molecule has 0 aliphatic carbocycles. The third kappa shape index (κ3) is 4.85. The summed E-state index contributed by atoms with van der Waals surface area (Å²) in [6, 6.07) is 20.4. The van der Waals surface area contributed by atoms with E-state index in [1.807, 2.05) is 41.5 Å². The van der Waals surface area contributed by atoms with Crippen LogP contribution < -0.4 is 10.6 Å². The van der Waals surface area contributed by atoms with Gasteiger partial charge in [0.25, 0.3) is 0 Å². The Bertz CT molecular complexity index is 580. The highest BCUT2D eigenvalue weighted by Gasteiger charge is 2.39. The summed E-state index contributed by atoms with van der Waals surface area (Å²) in [5.74, 6) is 0.641. The molecule has 0 spiro atoms. The van der Waals surface area contributed by atoms with E-state index in [0.29, 0.717) is 18.0 Å². The standard InChI is InChI=1S/C17H18N2.3C2H6/c1-2-6-12(7-3-1)16-17-14(10-11-18-16)13-8-4-5-9-15(13)19-17;3*1-2/h1-9,14,16-19H,10-11H2;3*1-2H3. The van der Waals surface area contributed by atoms with Gasteiger partial charge in [0, 0.05) is 11.6 Å². The van der Waals surface area contributed by atoms with Gasteiger partial charge < -0.3 is 10.6 Å². The number of rotatable bonds is 1. The van der Waals surface area contributed by atoms with Gasteiger partial charge in [0.15, 0.2) is 0 Å². The van der Waals surface area contributed by atoms with Crippen molar-refractivity contribution in [1.29, 1.82) is 0 Å². The van der Waals surface area contributed by atoms with E-state index in [2.05, 4.69) is 65.2 Å². The minimum Gasteiger partial charge on any atom is -0.380 e. The monoisotopic (exact) mass is 340 g/mol. The topological polar surface area (TPSA) is 24.1 Å². The fourth-order valence-electron chi connectivity index (χ4n) is 3.58. The Morgan fingerprint density at radius 3 is 2.04 bits per heavy atom. The van der Waals surface area contributed by atoms with Crippen LogP contribution in [0.25, 0.3) is 0 Å². The van der Waals surface area contributed by atoms with Crippen LogP contribution in [0.4, 0.5) is 5.69 Å². The van der Waals surface area contributed by atoms with Gasteiger partial charge >= 0.3 is 0 Å². The van der Waals surface area contributed by atoms with Crippen LogP contribution >= 0.6 is 0 Å². The maximum Gasteiger partial charge on any atom is 0.0531 e. The predicted molar refractivity (Wildman–Crippen MR) is 112 cm³/mol. The van der Waals surface area contributed by atoms with E-state index in [1.165, 1.54) is 23.2 Å². The number of nitrogens with one attached hydrogen (secondary N) is 2. The van der Waals surface area contributed by atoms with Crippen LogP contribution in [-0.2, 0) is 0 Å². The molecule has 0 radical (unpaired) electrons. The molecule has 2 heteroatoms. The van der Waals surface area contributed by atoms with Crippen LogP contribution in [0, 0.1) is 0 Å². The van der Waals surface area contributed by atoms with Crippen LogP contribution in [0.1, 0.15) is 71.0 Å². The number of fused-ring (bicyclic) bond motifs is 3. The zero-order valence-corrected chi connectivity index (χ0v) is 16.8. The molecule has 1 fully saturated rings. The lowest BCUT2D eigenvalue weighted by Gasteiger charge is -2.35. The number of para-hydroxylation sites is 1. The smallest absolute Gasteiger partial charge is 0.0531 e. The molecule has 138 valence electrons. The van der Waals surface area contributed by atoms with Gasteiger partial charge in [-0.25, -0.2) is 0 Å². The average Bonchev–Trinajstić information content (AvgIpc) is 3.12. The highest BCUT2D eigenvalue weighted by Crippen LogP contribution is 2.44. The highest BCUT2D eigenvalue weighted by atomic mass is 15.1. The normalized spacial score (nSPS) is 22.2. The van der Waals surface area contributed by atoms with E-state index >= 15 is 0 Å². The second kappa shape index (κ2) is 11.7. The molecule has 0 saturated carbocycles. The Labute approximate surface area is 155 Å². The second-order valence-electron chi connectivity index (χ2n) is 5.50. The minimum absolute atomic E-state index is 0.410. The lowest BCUT2D eigenvalue weighted by Crippen LogP contribution is -2.43. The van der Waals surface area contributed by atoms with E-state index in [4.69, 9.17) is 0 Å². The zero-order chi connectivity index (χ0) is 18.7. The number of anilines is 1. The fourth-order valence-corrected chi connectivity index (χ4v) is 3.58. The second-order valence-corrected chi connectivity index (χ2v) is 5.50. The molecule has 3 atom stereocenters. The van der Waals surface area contributed by atoms with Crippen molar-refractivity contribution in [3.8, 4) is 0 Å². The van der Waals surface area contributed by atoms with Gasteiger partial charge in [0.2, 0.25) is 0 Å². The molecule has 1 saturated heterocycles. The molecule has 2 aromatic rings. The van der Waals surface area contributed by atoms with Gasteiger partial charge in [0.1, 0.15) is 0 Å². The van der Waals surface area contributed by atoms with Crippen molar-refractivity contribution in [2.75, 3.05) is 11.9 Å². The van der Waals surface area contributed by atoms with Gasteiger partial charge in [0.05, 0.1) is 12.1 Å². The summed E-state index contributed by atoms with van der Waals surface area (Å²) in [6.07, 6.45) is 1.22. The van der Waals surface area contributed by atoms with Crippen molar-refractivity contribution in [3.05, 3.63) is 65.7 Å². The van der Waals surface area contributed by atoms with Crippen LogP contribution in [0.3, 0.4) is 0 Å². The zero-order valence-electron chi connectivity index (χ0n) is 16.8. The molecule has 2 nitrogen and oxygen atoms in total. The lowest BCUT2D eigenvalue weighted by molar-refractivity contribution is 0.348. The maximum atomic E-state index is 3.72. The third-order valence-electron chi connectivity index (χ3n) is 4.45. The minimum atomic E-state index is 0.410. The summed E-state index contributed by atoms with van der Waals surface area (Å²) in [5, 5.41) is 7.40. The van der Waals surface area contributed by atoms with E-state index in [9.17, 15) is 0 Å². The van der Waals surface area contributed by atoms with Crippen molar-refractivity contribution >= 4 is 5.69 Å². The summed E-state index contributed by atoms with van der Waals surface area (Å²) >= 11 is 0. The summed E-state index contributed by atoms with van der Waals surface area (Å²) in [7, 11) is 0. The number of piperidine rings is 1. The molecule has 3 unspecified atom stereocenters. The SMILES string of the molecule is CC.CC.CC.c1ccc(C2NCCC3c4ccccc4NC32)cc1. The third-order valence-corrected chi connectivity index (χ3v) is 4.45. The van der Waals surface area contributed by atoms with Crippen molar-refractivity contribution in [2.24, 2.45) is 0 Å². The average molecular weight is 341 g/mol. The van der Waals surface area contributed by atoms with Crippen molar-refractivity contribution in [1.82, 2.24) is 5.32 Å². The summed E-state index contributed by atoms with van der Waals surface area (Å²) < 4.78 is 0. The van der Waals surface area contributed by atoms with Crippen molar-refractivity contribution in [2.45, 2.75) is 66.0 Å². The molecular weight excluding hydrogens is 304 g/mol. The Morgan fingerprint density at radius 1 is 0.760 bits per heavy atom. The van der Waals surface area contributed by atoms with Crippen LogP contribution in [-0.4, -0.2) is 12.6 Å². The van der Waals surface area contributed by atoms with Gasteiger partial charge in [-0.3, -0.25) is 0 Å². The molecule has 2 N–H and O–H groups in total. The van der Waals surface area contributed by atoms with E-state index in [1.54, 1.807) is 0 Å². The van der Waals surface area contributed by atoms with Crippen LogP contribution in [0.5, 0.6) is 0 Å². The highest BCUT2D eigenvalue weighted by molar-refractivity contribution is 5.60. The fraction of sp³-hybridized carbons (Fsp3) is 0.478. The first-order valence-electron chi connectivity index (χ1n) is 10.1.